The Morgan fingerprint density at radius 1 is 1.29 bits per heavy atom. The van der Waals surface area contributed by atoms with Gasteiger partial charge in [0, 0.05) is 23.9 Å². The first-order valence-electron chi connectivity index (χ1n) is 7.69. The number of likely N-dealkylation sites (tertiary alicyclic amines) is 1. The SMILES string of the molecule is CCCn1c(=NC(=O)CN2C(=O)CCC2=O)sc2cc(Br)ccc21. The van der Waals surface area contributed by atoms with E-state index in [2.05, 4.69) is 27.8 Å². The maximum atomic E-state index is 12.2. The van der Waals surface area contributed by atoms with Gasteiger partial charge in [-0.1, -0.05) is 34.2 Å². The molecule has 3 rings (SSSR count). The van der Waals surface area contributed by atoms with Crippen molar-refractivity contribution in [2.45, 2.75) is 32.7 Å². The number of carbonyl (C=O) groups is 3. The first kappa shape index (κ1) is 17.0. The van der Waals surface area contributed by atoms with Crippen LogP contribution in [0.5, 0.6) is 0 Å². The Kier molecular flexibility index (Phi) is 4.96. The molecular formula is C16H16BrN3O3S. The highest BCUT2D eigenvalue weighted by molar-refractivity contribution is 9.10. The van der Waals surface area contributed by atoms with Crippen LogP contribution in [0.25, 0.3) is 10.2 Å². The lowest BCUT2D eigenvalue weighted by molar-refractivity contribution is -0.141. The number of fused-ring (bicyclic) bond motifs is 1. The Morgan fingerprint density at radius 3 is 2.67 bits per heavy atom. The predicted molar refractivity (Wildman–Crippen MR) is 94.3 cm³/mol. The molecule has 8 heteroatoms. The molecule has 0 spiro atoms. The van der Waals surface area contributed by atoms with Crippen molar-refractivity contribution in [2.75, 3.05) is 6.54 Å². The minimum Gasteiger partial charge on any atom is -0.316 e. The Bertz CT molecular complexity index is 884. The summed E-state index contributed by atoms with van der Waals surface area (Å²) in [5, 5.41) is 0. The van der Waals surface area contributed by atoms with Gasteiger partial charge in [-0.25, -0.2) is 0 Å². The van der Waals surface area contributed by atoms with Crippen LogP contribution in [-0.4, -0.2) is 33.7 Å². The lowest BCUT2D eigenvalue weighted by Crippen LogP contribution is -2.34. The lowest BCUT2D eigenvalue weighted by atomic mass is 10.3. The molecule has 1 saturated heterocycles. The zero-order valence-electron chi connectivity index (χ0n) is 13.1. The lowest BCUT2D eigenvalue weighted by Gasteiger charge is -2.10. The van der Waals surface area contributed by atoms with E-state index in [1.165, 1.54) is 11.3 Å². The molecule has 126 valence electrons. The average Bonchev–Trinajstić information content (AvgIpc) is 3.02. The van der Waals surface area contributed by atoms with Crippen LogP contribution in [0.1, 0.15) is 26.2 Å². The fourth-order valence-corrected chi connectivity index (χ4v) is 4.27. The molecule has 6 nitrogen and oxygen atoms in total. The summed E-state index contributed by atoms with van der Waals surface area (Å²) in [7, 11) is 0. The summed E-state index contributed by atoms with van der Waals surface area (Å²) in [5.41, 5.74) is 1.02. The molecule has 0 unspecified atom stereocenters. The Balaban J connectivity index is 1.96. The number of rotatable bonds is 4. The molecule has 2 heterocycles. The smallest absolute Gasteiger partial charge is 0.268 e. The van der Waals surface area contributed by atoms with Crippen molar-refractivity contribution >= 4 is 55.2 Å². The third-order valence-electron chi connectivity index (χ3n) is 3.76. The summed E-state index contributed by atoms with van der Waals surface area (Å²) in [4.78, 5) is 41.2. The summed E-state index contributed by atoms with van der Waals surface area (Å²) >= 11 is 4.87. The number of hydrogen-bond acceptors (Lipinski definition) is 4. The molecule has 1 aliphatic rings. The average molecular weight is 410 g/mol. The number of hydrogen-bond donors (Lipinski definition) is 0. The third kappa shape index (κ3) is 3.34. The summed E-state index contributed by atoms with van der Waals surface area (Å²) in [6.45, 7) is 2.53. The van der Waals surface area contributed by atoms with Gasteiger partial charge >= 0.3 is 0 Å². The van der Waals surface area contributed by atoms with E-state index in [1.54, 1.807) is 0 Å². The fourth-order valence-electron chi connectivity index (χ4n) is 2.65. The molecule has 24 heavy (non-hydrogen) atoms. The van der Waals surface area contributed by atoms with Crippen molar-refractivity contribution in [3.8, 4) is 0 Å². The Morgan fingerprint density at radius 2 is 2.00 bits per heavy atom. The van der Waals surface area contributed by atoms with Gasteiger partial charge in [0.1, 0.15) is 6.54 Å². The fraction of sp³-hybridized carbons (Fsp3) is 0.375. The van der Waals surface area contributed by atoms with Crippen molar-refractivity contribution in [3.63, 3.8) is 0 Å². The van der Waals surface area contributed by atoms with Crippen molar-refractivity contribution in [2.24, 2.45) is 4.99 Å². The van der Waals surface area contributed by atoms with Crippen LogP contribution in [0.15, 0.2) is 27.7 Å². The standard InChI is InChI=1S/C16H16BrN3O3S/c1-2-7-19-11-4-3-10(17)8-12(11)24-16(19)18-13(21)9-20-14(22)5-6-15(20)23/h3-4,8H,2,5-7,9H2,1H3. The Hall–Kier alpha value is -1.80. The van der Waals surface area contributed by atoms with E-state index in [0.29, 0.717) is 4.80 Å². The number of nitrogens with zero attached hydrogens (tertiary/aromatic N) is 3. The molecular weight excluding hydrogens is 394 g/mol. The van der Waals surface area contributed by atoms with Crippen LogP contribution in [0.3, 0.4) is 0 Å². The van der Waals surface area contributed by atoms with E-state index in [1.807, 2.05) is 22.8 Å². The second-order valence-electron chi connectivity index (χ2n) is 5.53. The van der Waals surface area contributed by atoms with Gasteiger partial charge in [-0.05, 0) is 24.6 Å². The van der Waals surface area contributed by atoms with Crippen molar-refractivity contribution < 1.29 is 14.4 Å². The Labute approximate surface area is 150 Å². The van der Waals surface area contributed by atoms with Crippen molar-refractivity contribution in [3.05, 3.63) is 27.5 Å². The van der Waals surface area contributed by atoms with Gasteiger partial charge in [0.25, 0.3) is 5.91 Å². The number of benzene rings is 1. The van der Waals surface area contributed by atoms with Crippen molar-refractivity contribution in [1.29, 1.82) is 0 Å². The summed E-state index contributed by atoms with van der Waals surface area (Å²) in [6.07, 6.45) is 1.27. The van der Waals surface area contributed by atoms with Gasteiger partial charge in [0.2, 0.25) is 11.8 Å². The van der Waals surface area contributed by atoms with Crippen LogP contribution in [0.2, 0.25) is 0 Å². The van der Waals surface area contributed by atoms with Gasteiger partial charge in [-0.2, -0.15) is 4.99 Å². The molecule has 0 N–H and O–H groups in total. The molecule has 1 aromatic carbocycles. The minimum absolute atomic E-state index is 0.179. The van der Waals surface area contributed by atoms with Crippen LogP contribution < -0.4 is 4.80 Å². The molecule has 0 atom stereocenters. The molecule has 0 bridgehead atoms. The topological polar surface area (TPSA) is 71.7 Å². The highest BCUT2D eigenvalue weighted by atomic mass is 79.9. The summed E-state index contributed by atoms with van der Waals surface area (Å²) in [5.74, 6) is -1.08. The first-order valence-corrected chi connectivity index (χ1v) is 9.30. The largest absolute Gasteiger partial charge is 0.316 e. The second-order valence-corrected chi connectivity index (χ2v) is 7.45. The van der Waals surface area contributed by atoms with Crippen LogP contribution >= 0.6 is 27.3 Å². The summed E-state index contributed by atoms with van der Waals surface area (Å²) < 4.78 is 3.99. The number of imide groups is 1. The van der Waals surface area contributed by atoms with E-state index in [4.69, 9.17) is 0 Å². The van der Waals surface area contributed by atoms with E-state index in [-0.39, 0.29) is 31.2 Å². The van der Waals surface area contributed by atoms with Gasteiger partial charge < -0.3 is 4.57 Å². The number of thiazole rings is 1. The van der Waals surface area contributed by atoms with Crippen LogP contribution in [-0.2, 0) is 20.9 Å². The van der Waals surface area contributed by atoms with Crippen LogP contribution in [0.4, 0.5) is 0 Å². The van der Waals surface area contributed by atoms with E-state index >= 15 is 0 Å². The number of aryl methyl sites for hydroxylation is 1. The number of halogens is 1. The molecule has 1 aliphatic heterocycles. The maximum absolute atomic E-state index is 12.2. The molecule has 1 aromatic heterocycles. The molecule has 0 radical (unpaired) electrons. The molecule has 0 aliphatic carbocycles. The second kappa shape index (κ2) is 6.98. The normalized spacial score (nSPS) is 15.8. The zero-order valence-corrected chi connectivity index (χ0v) is 15.5. The maximum Gasteiger partial charge on any atom is 0.268 e. The minimum atomic E-state index is -0.478. The highest BCUT2D eigenvalue weighted by Gasteiger charge is 2.30. The molecule has 0 saturated carbocycles. The number of carbonyl (C=O) groups excluding carboxylic acids is 3. The van der Waals surface area contributed by atoms with Crippen LogP contribution in [0, 0.1) is 0 Å². The van der Waals surface area contributed by atoms with E-state index in [0.717, 1.165) is 32.6 Å². The van der Waals surface area contributed by atoms with Gasteiger partial charge in [0.15, 0.2) is 4.80 Å². The van der Waals surface area contributed by atoms with Gasteiger partial charge in [-0.3, -0.25) is 19.3 Å². The van der Waals surface area contributed by atoms with Gasteiger partial charge in [-0.15, -0.1) is 0 Å². The third-order valence-corrected chi connectivity index (χ3v) is 5.29. The van der Waals surface area contributed by atoms with E-state index in [9.17, 15) is 14.4 Å². The van der Waals surface area contributed by atoms with Gasteiger partial charge in [0.05, 0.1) is 10.2 Å². The monoisotopic (exact) mass is 409 g/mol. The summed E-state index contributed by atoms with van der Waals surface area (Å²) in [6, 6.07) is 5.93. The predicted octanol–water partition coefficient (Wildman–Crippen LogP) is 2.45. The molecule has 2 aromatic rings. The van der Waals surface area contributed by atoms with Crippen molar-refractivity contribution in [1.82, 2.24) is 9.47 Å². The molecule has 3 amide bonds. The molecule has 1 fully saturated rings. The first-order chi connectivity index (χ1) is 11.5. The number of aromatic nitrogens is 1. The number of amides is 3. The highest BCUT2D eigenvalue weighted by Crippen LogP contribution is 2.22. The quantitative estimate of drug-likeness (QED) is 0.727. The van der Waals surface area contributed by atoms with E-state index < -0.39 is 5.91 Å². The zero-order chi connectivity index (χ0) is 17.3.